The summed E-state index contributed by atoms with van der Waals surface area (Å²) in [5, 5.41) is 6.26. The highest BCUT2D eigenvalue weighted by Crippen LogP contribution is 2.30. The molecule has 17 heavy (non-hydrogen) atoms. The lowest BCUT2D eigenvalue weighted by molar-refractivity contribution is 0.0698. The number of thioether (sulfide) groups is 1. The number of anilines is 1. The van der Waals surface area contributed by atoms with Crippen LogP contribution in [0.15, 0.2) is 11.4 Å². The topological polar surface area (TPSA) is 47.0 Å². The van der Waals surface area contributed by atoms with Gasteiger partial charge in [-0.1, -0.05) is 0 Å². The third-order valence-corrected chi connectivity index (χ3v) is 4.48. The Labute approximate surface area is 108 Å². The minimum atomic E-state index is 0.0346. The van der Waals surface area contributed by atoms with Crippen LogP contribution in [0.25, 0.3) is 10.2 Å². The molecule has 1 saturated heterocycles. The molecule has 0 bridgehead atoms. The Bertz CT molecular complexity index is 522. The van der Waals surface area contributed by atoms with E-state index in [0.717, 1.165) is 40.0 Å². The molecule has 1 unspecified atom stereocenters. The fourth-order valence-electron chi connectivity index (χ4n) is 1.84. The van der Waals surface area contributed by atoms with Crippen LogP contribution < -0.4 is 5.32 Å². The van der Waals surface area contributed by atoms with Crippen LogP contribution in [0, 0.1) is 0 Å². The van der Waals surface area contributed by atoms with E-state index in [1.54, 1.807) is 11.3 Å². The molecular weight excluding hydrogens is 254 g/mol. The molecule has 3 heterocycles. The van der Waals surface area contributed by atoms with Crippen molar-refractivity contribution in [2.24, 2.45) is 0 Å². The molecular formula is C11H13N3OS2. The van der Waals surface area contributed by atoms with Crippen LogP contribution in [0.4, 0.5) is 5.82 Å². The molecule has 2 aromatic heterocycles. The third kappa shape index (κ3) is 2.12. The number of aromatic nitrogens is 2. The van der Waals surface area contributed by atoms with E-state index in [1.165, 1.54) is 0 Å². The number of ether oxygens (including phenoxy) is 1. The van der Waals surface area contributed by atoms with Crippen LogP contribution in [0.2, 0.25) is 0 Å². The molecule has 3 rings (SSSR count). The molecule has 6 heteroatoms. The SMILES string of the molecule is CNc1nc(C2CSCCO2)nc2sccc12. The average molecular weight is 267 g/mol. The number of thiophene rings is 1. The van der Waals surface area contributed by atoms with Crippen LogP contribution in [0.5, 0.6) is 0 Å². The van der Waals surface area contributed by atoms with Gasteiger partial charge in [0.25, 0.3) is 0 Å². The van der Waals surface area contributed by atoms with E-state index in [2.05, 4.69) is 15.3 Å². The molecule has 0 radical (unpaired) electrons. The maximum absolute atomic E-state index is 5.72. The van der Waals surface area contributed by atoms with Crippen molar-refractivity contribution in [1.82, 2.24) is 9.97 Å². The van der Waals surface area contributed by atoms with Crippen LogP contribution in [-0.2, 0) is 4.74 Å². The number of hydrogen-bond acceptors (Lipinski definition) is 6. The lowest BCUT2D eigenvalue weighted by Gasteiger charge is -2.21. The van der Waals surface area contributed by atoms with E-state index in [4.69, 9.17) is 4.74 Å². The first-order chi connectivity index (χ1) is 8.38. The van der Waals surface area contributed by atoms with Crippen molar-refractivity contribution in [3.8, 4) is 0 Å². The molecule has 0 amide bonds. The number of rotatable bonds is 2. The van der Waals surface area contributed by atoms with Gasteiger partial charge in [0.1, 0.15) is 16.8 Å². The lowest BCUT2D eigenvalue weighted by Crippen LogP contribution is -2.18. The van der Waals surface area contributed by atoms with Gasteiger partial charge in [0.2, 0.25) is 0 Å². The van der Waals surface area contributed by atoms with Gasteiger partial charge >= 0.3 is 0 Å². The van der Waals surface area contributed by atoms with Gasteiger partial charge in [-0.15, -0.1) is 11.3 Å². The van der Waals surface area contributed by atoms with Crippen molar-refractivity contribution < 1.29 is 4.74 Å². The summed E-state index contributed by atoms with van der Waals surface area (Å²) >= 11 is 3.54. The Kier molecular flexibility index (Phi) is 3.17. The van der Waals surface area contributed by atoms with Gasteiger partial charge in [0.05, 0.1) is 12.0 Å². The first-order valence-electron chi connectivity index (χ1n) is 5.50. The summed E-state index contributed by atoms with van der Waals surface area (Å²) in [4.78, 5) is 10.2. The maximum Gasteiger partial charge on any atom is 0.162 e. The van der Waals surface area contributed by atoms with Crippen molar-refractivity contribution in [2.45, 2.75) is 6.10 Å². The van der Waals surface area contributed by atoms with Gasteiger partial charge in [0, 0.05) is 18.6 Å². The number of nitrogens with one attached hydrogen (secondary N) is 1. The third-order valence-electron chi connectivity index (χ3n) is 2.68. The Balaban J connectivity index is 2.03. The second kappa shape index (κ2) is 4.80. The van der Waals surface area contributed by atoms with Gasteiger partial charge < -0.3 is 10.1 Å². The highest BCUT2D eigenvalue weighted by Gasteiger charge is 2.21. The smallest absolute Gasteiger partial charge is 0.162 e. The standard InChI is InChI=1S/C11H13N3OS2/c1-12-9-7-2-4-17-11(7)14-10(13-9)8-6-16-5-3-15-8/h2,4,8H,3,5-6H2,1H3,(H,12,13,14). The van der Waals surface area contributed by atoms with Crippen molar-refractivity contribution in [3.63, 3.8) is 0 Å². The predicted octanol–water partition coefficient (Wildman–Crippen LogP) is 2.54. The fourth-order valence-corrected chi connectivity index (χ4v) is 3.45. The van der Waals surface area contributed by atoms with E-state index in [0.29, 0.717) is 0 Å². The van der Waals surface area contributed by atoms with Crippen LogP contribution >= 0.6 is 23.1 Å². The van der Waals surface area contributed by atoms with Crippen molar-refractivity contribution in [3.05, 3.63) is 17.3 Å². The molecule has 0 aromatic carbocycles. The monoisotopic (exact) mass is 267 g/mol. The molecule has 90 valence electrons. The van der Waals surface area contributed by atoms with Crippen LogP contribution in [-0.4, -0.2) is 35.1 Å². The van der Waals surface area contributed by atoms with E-state index >= 15 is 0 Å². The molecule has 1 N–H and O–H groups in total. The molecule has 4 nitrogen and oxygen atoms in total. The Hall–Kier alpha value is -0.850. The molecule has 1 fully saturated rings. The predicted molar refractivity (Wildman–Crippen MR) is 73.0 cm³/mol. The molecule has 2 aromatic rings. The largest absolute Gasteiger partial charge is 0.372 e. The highest BCUT2D eigenvalue weighted by molar-refractivity contribution is 7.99. The quantitative estimate of drug-likeness (QED) is 0.906. The zero-order chi connectivity index (χ0) is 11.7. The van der Waals surface area contributed by atoms with Crippen molar-refractivity contribution in [2.75, 3.05) is 30.5 Å². The number of nitrogens with zero attached hydrogens (tertiary/aromatic N) is 2. The van der Waals surface area contributed by atoms with Gasteiger partial charge in [-0.25, -0.2) is 9.97 Å². The van der Waals surface area contributed by atoms with E-state index in [9.17, 15) is 0 Å². The summed E-state index contributed by atoms with van der Waals surface area (Å²) in [6.07, 6.45) is 0.0346. The summed E-state index contributed by atoms with van der Waals surface area (Å²) in [5.74, 6) is 3.71. The van der Waals surface area contributed by atoms with Crippen molar-refractivity contribution >= 4 is 39.1 Å². The fraction of sp³-hybridized carbons (Fsp3) is 0.455. The zero-order valence-electron chi connectivity index (χ0n) is 9.47. The average Bonchev–Trinajstić information content (AvgIpc) is 2.86. The summed E-state index contributed by atoms with van der Waals surface area (Å²) in [5.41, 5.74) is 0. The summed E-state index contributed by atoms with van der Waals surface area (Å²) in [7, 11) is 1.89. The second-order valence-corrected chi connectivity index (χ2v) is 5.80. The Morgan fingerprint density at radius 2 is 2.41 bits per heavy atom. The minimum absolute atomic E-state index is 0.0346. The normalized spacial score (nSPS) is 20.6. The molecule has 1 aliphatic rings. The van der Waals surface area contributed by atoms with E-state index < -0.39 is 0 Å². The minimum Gasteiger partial charge on any atom is -0.372 e. The van der Waals surface area contributed by atoms with Crippen molar-refractivity contribution in [1.29, 1.82) is 0 Å². The molecule has 1 aliphatic heterocycles. The van der Waals surface area contributed by atoms with Gasteiger partial charge in [0.15, 0.2) is 5.82 Å². The first kappa shape index (κ1) is 11.3. The summed E-state index contributed by atoms with van der Waals surface area (Å²) in [6, 6.07) is 2.05. The van der Waals surface area contributed by atoms with E-state index in [1.807, 2.05) is 30.3 Å². The molecule has 1 atom stereocenters. The zero-order valence-corrected chi connectivity index (χ0v) is 11.1. The Morgan fingerprint density at radius 3 is 3.18 bits per heavy atom. The van der Waals surface area contributed by atoms with E-state index in [-0.39, 0.29) is 6.10 Å². The summed E-state index contributed by atoms with van der Waals surface area (Å²) in [6.45, 7) is 0.788. The van der Waals surface area contributed by atoms with Crippen LogP contribution in [0.3, 0.4) is 0 Å². The second-order valence-electron chi connectivity index (χ2n) is 3.75. The summed E-state index contributed by atoms with van der Waals surface area (Å²) < 4.78 is 5.72. The number of hydrogen-bond donors (Lipinski definition) is 1. The number of fused-ring (bicyclic) bond motifs is 1. The Morgan fingerprint density at radius 1 is 1.47 bits per heavy atom. The maximum atomic E-state index is 5.72. The first-order valence-corrected chi connectivity index (χ1v) is 7.54. The lowest BCUT2D eigenvalue weighted by atomic mass is 10.3. The van der Waals surface area contributed by atoms with Gasteiger partial charge in [-0.05, 0) is 11.4 Å². The molecule has 0 aliphatic carbocycles. The van der Waals surface area contributed by atoms with Crippen LogP contribution in [0.1, 0.15) is 11.9 Å². The van der Waals surface area contributed by atoms with Gasteiger partial charge in [-0.3, -0.25) is 0 Å². The molecule has 0 spiro atoms. The molecule has 0 saturated carbocycles. The van der Waals surface area contributed by atoms with Gasteiger partial charge in [-0.2, -0.15) is 11.8 Å². The highest BCUT2D eigenvalue weighted by atomic mass is 32.2.